The molecule has 0 aromatic heterocycles. The van der Waals surface area contributed by atoms with Gasteiger partial charge >= 0.3 is 0 Å². The number of para-hydroxylation sites is 4. The fraction of sp³-hybridized carbons (Fsp3) is 0.0370. The summed E-state index contributed by atoms with van der Waals surface area (Å²) in [4.78, 5) is 2.53. The van der Waals surface area contributed by atoms with Crippen molar-refractivity contribution in [3.8, 4) is 67.5 Å². The number of hydrogen-bond donors (Lipinski definition) is 0. The van der Waals surface area contributed by atoms with Gasteiger partial charge in [0.25, 0.3) is 0 Å². The summed E-state index contributed by atoms with van der Waals surface area (Å²) in [6.07, 6.45) is 0. The van der Waals surface area contributed by atoms with Gasteiger partial charge in [0.1, 0.15) is 23.0 Å². The average molecular weight is 1070 g/mol. The van der Waals surface area contributed by atoms with E-state index in [4.69, 9.17) is 9.47 Å². The van der Waals surface area contributed by atoms with E-state index in [1.165, 1.54) is 83.5 Å². The molecule has 84 heavy (non-hydrogen) atoms. The third-order valence-electron chi connectivity index (χ3n) is 19.1. The first kappa shape index (κ1) is 47.0. The van der Waals surface area contributed by atoms with Gasteiger partial charge in [-0.3, -0.25) is 0 Å². The molecule has 3 heteroatoms. The van der Waals surface area contributed by atoms with Gasteiger partial charge in [0.15, 0.2) is 0 Å². The molecule has 0 amide bonds. The van der Waals surface area contributed by atoms with Crippen LogP contribution in [-0.2, 0) is 16.2 Å². The van der Waals surface area contributed by atoms with Crippen LogP contribution in [0.4, 0.5) is 17.1 Å². The Morgan fingerprint density at radius 3 is 1.14 bits per heavy atom. The first-order chi connectivity index (χ1) is 41.7. The second-order valence-electron chi connectivity index (χ2n) is 22.8. The predicted molar refractivity (Wildman–Crippen MR) is 339 cm³/mol. The Morgan fingerprint density at radius 1 is 0.226 bits per heavy atom. The molecular formula is C81H51NO2. The number of benzene rings is 13. The van der Waals surface area contributed by atoms with Gasteiger partial charge < -0.3 is 14.4 Å². The number of anilines is 3. The van der Waals surface area contributed by atoms with Gasteiger partial charge in [0.05, 0.1) is 21.9 Å². The van der Waals surface area contributed by atoms with Crippen LogP contribution in [0.5, 0.6) is 23.0 Å². The lowest BCUT2D eigenvalue weighted by atomic mass is 9.66. The van der Waals surface area contributed by atoms with Crippen molar-refractivity contribution in [2.75, 3.05) is 4.90 Å². The maximum Gasteiger partial charge on any atom is 0.132 e. The van der Waals surface area contributed by atoms with E-state index in [1.807, 2.05) is 0 Å². The maximum absolute atomic E-state index is 6.83. The molecule has 3 aliphatic carbocycles. The highest BCUT2D eigenvalue weighted by molar-refractivity contribution is 6.01. The molecule has 0 bridgehead atoms. The monoisotopic (exact) mass is 1070 g/mol. The molecule has 0 N–H and O–H groups in total. The normalized spacial score (nSPS) is 14.7. The van der Waals surface area contributed by atoms with Crippen molar-refractivity contribution in [1.82, 2.24) is 0 Å². The van der Waals surface area contributed by atoms with Crippen LogP contribution >= 0.6 is 0 Å². The lowest BCUT2D eigenvalue weighted by Crippen LogP contribution is -2.32. The molecule has 0 radical (unpaired) electrons. The smallest absolute Gasteiger partial charge is 0.132 e. The fourth-order valence-electron chi connectivity index (χ4n) is 16.0. The largest absolute Gasteiger partial charge is 0.457 e. The SMILES string of the molecule is c1ccc(C2(c3ccccc3)c3ccccc3-c3c(-c4ccc(N(c5ccc6c(c5)C5(c7ccccc7Oc7ccccc75)c5ccccc5-6)c5cccc6c5-c5ccccc5C65c6ccccc6Oc6ccccc65)cc4)cccc32)cc1. The van der Waals surface area contributed by atoms with Crippen LogP contribution in [0, 0.1) is 0 Å². The van der Waals surface area contributed by atoms with E-state index in [-0.39, 0.29) is 0 Å². The predicted octanol–water partition coefficient (Wildman–Crippen LogP) is 20.1. The summed E-state index contributed by atoms with van der Waals surface area (Å²) in [5.74, 6) is 3.49. The molecule has 2 aliphatic heterocycles. The number of rotatable bonds is 6. The van der Waals surface area contributed by atoms with E-state index in [2.05, 4.69) is 314 Å². The van der Waals surface area contributed by atoms with Gasteiger partial charge in [0, 0.05) is 39.2 Å². The van der Waals surface area contributed by atoms with Gasteiger partial charge in [-0.15, -0.1) is 0 Å². The zero-order valence-corrected chi connectivity index (χ0v) is 45.7. The molecule has 0 fully saturated rings. The van der Waals surface area contributed by atoms with E-state index >= 15 is 0 Å². The molecule has 392 valence electrons. The highest BCUT2D eigenvalue weighted by atomic mass is 16.5. The van der Waals surface area contributed by atoms with Gasteiger partial charge in [-0.1, -0.05) is 255 Å². The van der Waals surface area contributed by atoms with Crippen molar-refractivity contribution < 1.29 is 9.47 Å². The van der Waals surface area contributed by atoms with Crippen LogP contribution in [0.15, 0.2) is 309 Å². The summed E-state index contributed by atoms with van der Waals surface area (Å²) in [6.45, 7) is 0. The van der Waals surface area contributed by atoms with Crippen LogP contribution in [-0.4, -0.2) is 0 Å². The summed E-state index contributed by atoms with van der Waals surface area (Å²) in [5, 5.41) is 0. The van der Waals surface area contributed by atoms with Crippen molar-refractivity contribution in [2.24, 2.45) is 0 Å². The minimum absolute atomic E-state index is 0.510. The minimum Gasteiger partial charge on any atom is -0.457 e. The highest BCUT2D eigenvalue weighted by Crippen LogP contribution is 2.66. The molecule has 0 unspecified atom stereocenters. The van der Waals surface area contributed by atoms with Gasteiger partial charge in [-0.05, 0) is 138 Å². The summed E-state index contributed by atoms with van der Waals surface area (Å²) < 4.78 is 13.6. The lowest BCUT2D eigenvalue weighted by Gasteiger charge is -2.40. The van der Waals surface area contributed by atoms with Gasteiger partial charge in [-0.2, -0.15) is 0 Å². The first-order valence-corrected chi connectivity index (χ1v) is 29.1. The van der Waals surface area contributed by atoms with Crippen molar-refractivity contribution in [3.63, 3.8) is 0 Å². The van der Waals surface area contributed by atoms with Crippen LogP contribution in [0.3, 0.4) is 0 Å². The summed E-state index contributed by atoms with van der Waals surface area (Å²) in [6, 6.07) is 114. The Morgan fingerprint density at radius 2 is 0.595 bits per heavy atom. The van der Waals surface area contributed by atoms with E-state index < -0.39 is 16.2 Å². The van der Waals surface area contributed by atoms with Crippen LogP contribution in [0.25, 0.3) is 44.5 Å². The first-order valence-electron chi connectivity index (χ1n) is 29.1. The Balaban J connectivity index is 0.890. The van der Waals surface area contributed by atoms with Crippen molar-refractivity contribution in [1.29, 1.82) is 0 Å². The number of fused-ring (bicyclic) bond motifs is 21. The molecule has 2 spiro atoms. The number of hydrogen-bond acceptors (Lipinski definition) is 3. The minimum atomic E-state index is -0.660. The van der Waals surface area contributed by atoms with Crippen molar-refractivity contribution >= 4 is 17.1 Å². The van der Waals surface area contributed by atoms with E-state index in [1.54, 1.807) is 0 Å². The van der Waals surface area contributed by atoms with Crippen molar-refractivity contribution in [2.45, 2.75) is 16.2 Å². The van der Waals surface area contributed by atoms with E-state index in [0.717, 1.165) is 67.9 Å². The summed E-state index contributed by atoms with van der Waals surface area (Å²) >= 11 is 0. The fourth-order valence-corrected chi connectivity index (χ4v) is 16.0. The zero-order valence-electron chi connectivity index (χ0n) is 45.7. The Bertz CT molecular complexity index is 4730. The number of ether oxygens (including phenoxy) is 2. The molecule has 2 heterocycles. The standard InChI is InChI=1S/C81H51NO2/c1-3-23-53(24-4-1)79(54-25-5-2-6-26-54)63-32-11-8-28-60(63)77-57(30-21-38-69(77)79)52-45-47-55(48-46-52)82(56-49-50-59-58-27-7-10-31-62(58)81(71(59)51-56)67-36-15-19-43-75(67)84-76-44-20-16-37-68(76)81)72-40-22-39-70-78(72)61-29-9-12-33-64(61)80(70)65-34-13-17-41-73(65)83-74-42-18-14-35-66(74)80/h1-51H. The molecule has 18 rings (SSSR count). The molecule has 0 atom stereocenters. The third-order valence-corrected chi connectivity index (χ3v) is 19.1. The average Bonchev–Trinajstić information content (AvgIpc) is 1.62. The highest BCUT2D eigenvalue weighted by Gasteiger charge is 2.54. The van der Waals surface area contributed by atoms with Crippen LogP contribution < -0.4 is 14.4 Å². The molecule has 13 aromatic carbocycles. The summed E-state index contributed by atoms with van der Waals surface area (Å²) in [7, 11) is 0. The molecule has 5 aliphatic rings. The Kier molecular flexibility index (Phi) is 9.86. The second kappa shape index (κ2) is 17.6. The molecule has 13 aromatic rings. The topological polar surface area (TPSA) is 21.7 Å². The van der Waals surface area contributed by atoms with Gasteiger partial charge in [0.2, 0.25) is 0 Å². The van der Waals surface area contributed by atoms with E-state index in [0.29, 0.717) is 0 Å². The van der Waals surface area contributed by atoms with Gasteiger partial charge in [-0.25, -0.2) is 0 Å². The van der Waals surface area contributed by atoms with Crippen LogP contribution in [0.2, 0.25) is 0 Å². The third kappa shape index (κ3) is 6.04. The second-order valence-corrected chi connectivity index (χ2v) is 22.8. The summed E-state index contributed by atoms with van der Waals surface area (Å²) in [5.41, 5.74) is 25.7. The van der Waals surface area contributed by atoms with Crippen molar-refractivity contribution in [3.05, 3.63) is 376 Å². The quantitative estimate of drug-likeness (QED) is 0.166. The van der Waals surface area contributed by atoms with Crippen LogP contribution in [0.1, 0.15) is 66.8 Å². The van der Waals surface area contributed by atoms with E-state index in [9.17, 15) is 0 Å². The number of nitrogens with zero attached hydrogens (tertiary/aromatic N) is 1. The lowest BCUT2D eigenvalue weighted by molar-refractivity contribution is 0.436. The Labute approximate surface area is 488 Å². The zero-order chi connectivity index (χ0) is 55.1. The molecule has 0 saturated carbocycles. The molecule has 3 nitrogen and oxygen atoms in total. The molecule has 0 saturated heterocycles. The maximum atomic E-state index is 6.83. The molecular weight excluding hydrogens is 1020 g/mol. The Hall–Kier alpha value is -10.7.